The molecule has 0 spiro atoms. The fraction of sp³-hybridized carbons (Fsp3) is 0.727. The molecule has 1 aliphatic rings. The molecular formula is C11H20N2O2. The van der Waals surface area contributed by atoms with E-state index in [0.717, 1.165) is 19.6 Å². The minimum absolute atomic E-state index is 0.0526. The maximum absolute atomic E-state index is 11.5. The topological polar surface area (TPSA) is 41.6 Å². The van der Waals surface area contributed by atoms with Crippen LogP contribution in [0, 0.1) is 0 Å². The molecule has 1 unspecified atom stereocenters. The van der Waals surface area contributed by atoms with Crippen LogP contribution < -0.4 is 5.32 Å². The van der Waals surface area contributed by atoms with E-state index in [1.54, 1.807) is 0 Å². The van der Waals surface area contributed by atoms with Gasteiger partial charge in [0.2, 0.25) is 5.91 Å². The van der Waals surface area contributed by atoms with Crippen molar-refractivity contribution in [3.05, 3.63) is 12.2 Å². The number of carbonyl (C=O) groups is 1. The molecule has 0 aliphatic carbocycles. The molecule has 4 nitrogen and oxygen atoms in total. The molecule has 86 valence electrons. The minimum Gasteiger partial charge on any atom is -0.366 e. The van der Waals surface area contributed by atoms with Crippen molar-refractivity contribution in [2.45, 2.75) is 26.3 Å². The summed E-state index contributed by atoms with van der Waals surface area (Å²) in [4.78, 5) is 13.7. The largest absolute Gasteiger partial charge is 0.366 e. The van der Waals surface area contributed by atoms with Gasteiger partial charge in [-0.05, 0) is 20.3 Å². The lowest BCUT2D eigenvalue weighted by Crippen LogP contribution is -2.43. The summed E-state index contributed by atoms with van der Waals surface area (Å²) in [5.41, 5.74) is 0.613. The molecule has 0 radical (unpaired) electrons. The Morgan fingerprint density at radius 1 is 1.67 bits per heavy atom. The fourth-order valence-corrected chi connectivity index (χ4v) is 1.61. The van der Waals surface area contributed by atoms with Crippen LogP contribution in [0.5, 0.6) is 0 Å². The van der Waals surface area contributed by atoms with Crippen molar-refractivity contribution in [3.8, 4) is 0 Å². The molecule has 1 fully saturated rings. The molecule has 1 atom stereocenters. The molecule has 1 amide bonds. The second kappa shape index (κ2) is 5.88. The Hall–Kier alpha value is -0.870. The van der Waals surface area contributed by atoms with Gasteiger partial charge in [-0.15, -0.1) is 0 Å². The molecular weight excluding hydrogens is 192 g/mol. The first-order valence-corrected chi connectivity index (χ1v) is 5.45. The molecule has 1 rings (SSSR count). The third kappa shape index (κ3) is 3.32. The van der Waals surface area contributed by atoms with Crippen LogP contribution in [0.15, 0.2) is 12.2 Å². The van der Waals surface area contributed by atoms with Gasteiger partial charge in [-0.2, -0.15) is 0 Å². The molecule has 0 bridgehead atoms. The fourth-order valence-electron chi connectivity index (χ4n) is 1.61. The van der Waals surface area contributed by atoms with Crippen molar-refractivity contribution in [2.75, 3.05) is 26.4 Å². The SMILES string of the molecule is C=C(C(=O)NCC)C(C)N1CCCOC1. The van der Waals surface area contributed by atoms with E-state index < -0.39 is 0 Å². The van der Waals surface area contributed by atoms with Crippen molar-refractivity contribution < 1.29 is 9.53 Å². The summed E-state index contributed by atoms with van der Waals surface area (Å²) < 4.78 is 5.35. The van der Waals surface area contributed by atoms with Crippen molar-refractivity contribution in [1.82, 2.24) is 10.2 Å². The predicted molar refractivity (Wildman–Crippen MR) is 59.4 cm³/mol. The highest BCUT2D eigenvalue weighted by molar-refractivity contribution is 5.93. The predicted octanol–water partition coefficient (Wildman–Crippen LogP) is 0.747. The number of amides is 1. The second-order valence-electron chi connectivity index (χ2n) is 3.76. The van der Waals surface area contributed by atoms with Gasteiger partial charge in [0.15, 0.2) is 0 Å². The van der Waals surface area contributed by atoms with E-state index >= 15 is 0 Å². The summed E-state index contributed by atoms with van der Waals surface area (Å²) >= 11 is 0. The van der Waals surface area contributed by atoms with Crippen LogP contribution in [-0.2, 0) is 9.53 Å². The Kier molecular flexibility index (Phi) is 4.78. The van der Waals surface area contributed by atoms with Crippen molar-refractivity contribution >= 4 is 5.91 Å². The number of nitrogens with zero attached hydrogens (tertiary/aromatic N) is 1. The van der Waals surface area contributed by atoms with Gasteiger partial charge < -0.3 is 10.1 Å². The maximum atomic E-state index is 11.5. The van der Waals surface area contributed by atoms with Gasteiger partial charge in [-0.25, -0.2) is 0 Å². The third-order valence-corrected chi connectivity index (χ3v) is 2.67. The summed E-state index contributed by atoms with van der Waals surface area (Å²) in [5.74, 6) is -0.0597. The van der Waals surface area contributed by atoms with Crippen LogP contribution in [0.4, 0.5) is 0 Å². The zero-order valence-electron chi connectivity index (χ0n) is 9.58. The Morgan fingerprint density at radius 3 is 2.93 bits per heavy atom. The summed E-state index contributed by atoms with van der Waals surface area (Å²) in [6.07, 6.45) is 1.02. The number of hydrogen-bond donors (Lipinski definition) is 1. The molecule has 1 saturated heterocycles. The smallest absolute Gasteiger partial charge is 0.248 e. The third-order valence-electron chi connectivity index (χ3n) is 2.67. The monoisotopic (exact) mass is 212 g/mol. The normalized spacial score (nSPS) is 19.6. The molecule has 1 N–H and O–H groups in total. The van der Waals surface area contributed by atoms with Crippen LogP contribution in [0.1, 0.15) is 20.3 Å². The van der Waals surface area contributed by atoms with Crippen LogP contribution in [0.25, 0.3) is 0 Å². The molecule has 4 heteroatoms. The highest BCUT2D eigenvalue weighted by Crippen LogP contribution is 2.12. The van der Waals surface area contributed by atoms with Crippen LogP contribution >= 0.6 is 0 Å². The number of carbonyl (C=O) groups excluding carboxylic acids is 1. The lowest BCUT2D eigenvalue weighted by atomic mass is 10.1. The van der Waals surface area contributed by atoms with Crippen LogP contribution in [0.2, 0.25) is 0 Å². The zero-order valence-corrected chi connectivity index (χ0v) is 9.58. The number of nitrogens with one attached hydrogen (secondary N) is 1. The summed E-state index contributed by atoms with van der Waals surface area (Å²) in [7, 11) is 0. The Balaban J connectivity index is 2.47. The maximum Gasteiger partial charge on any atom is 0.248 e. The van der Waals surface area contributed by atoms with Crippen LogP contribution in [0.3, 0.4) is 0 Å². The van der Waals surface area contributed by atoms with Crippen LogP contribution in [-0.4, -0.2) is 43.3 Å². The molecule has 0 aromatic heterocycles. The standard InChI is InChI=1S/C11H20N2O2/c1-4-12-11(14)9(2)10(3)13-6-5-7-15-8-13/h10H,2,4-8H2,1,3H3,(H,12,14). The molecule has 15 heavy (non-hydrogen) atoms. The van der Waals surface area contributed by atoms with Gasteiger partial charge in [0, 0.05) is 31.3 Å². The van der Waals surface area contributed by atoms with Gasteiger partial charge in [0.1, 0.15) is 0 Å². The van der Waals surface area contributed by atoms with E-state index in [9.17, 15) is 4.79 Å². The first-order valence-electron chi connectivity index (χ1n) is 5.45. The molecule has 0 aromatic carbocycles. The first kappa shape index (κ1) is 12.2. The molecule has 0 aromatic rings. The lowest BCUT2D eigenvalue weighted by Gasteiger charge is -2.32. The van der Waals surface area contributed by atoms with Crippen molar-refractivity contribution in [3.63, 3.8) is 0 Å². The van der Waals surface area contributed by atoms with Crippen molar-refractivity contribution in [2.24, 2.45) is 0 Å². The van der Waals surface area contributed by atoms with E-state index in [4.69, 9.17) is 4.74 Å². The Morgan fingerprint density at radius 2 is 2.40 bits per heavy atom. The van der Waals surface area contributed by atoms with Gasteiger partial charge in [0.25, 0.3) is 0 Å². The number of ether oxygens (including phenoxy) is 1. The summed E-state index contributed by atoms with van der Waals surface area (Å²) in [6, 6.07) is 0.0526. The number of likely N-dealkylation sites (N-methyl/N-ethyl adjacent to an activating group) is 1. The van der Waals surface area contributed by atoms with E-state index in [0.29, 0.717) is 18.8 Å². The molecule has 0 saturated carbocycles. The van der Waals surface area contributed by atoms with E-state index in [-0.39, 0.29) is 11.9 Å². The Bertz CT molecular complexity index is 235. The highest BCUT2D eigenvalue weighted by atomic mass is 16.5. The number of rotatable bonds is 4. The first-order chi connectivity index (χ1) is 7.16. The zero-order chi connectivity index (χ0) is 11.3. The average molecular weight is 212 g/mol. The Labute approximate surface area is 91.3 Å². The highest BCUT2D eigenvalue weighted by Gasteiger charge is 2.22. The quantitative estimate of drug-likeness (QED) is 0.699. The van der Waals surface area contributed by atoms with E-state index in [2.05, 4.69) is 16.8 Å². The van der Waals surface area contributed by atoms with Gasteiger partial charge in [0.05, 0.1) is 6.73 Å². The second-order valence-corrected chi connectivity index (χ2v) is 3.76. The number of hydrogen-bond acceptors (Lipinski definition) is 3. The van der Waals surface area contributed by atoms with E-state index in [1.807, 2.05) is 13.8 Å². The summed E-state index contributed by atoms with van der Waals surface area (Å²) in [5, 5.41) is 2.76. The van der Waals surface area contributed by atoms with Gasteiger partial charge in [-0.1, -0.05) is 6.58 Å². The average Bonchev–Trinajstić information content (AvgIpc) is 2.28. The van der Waals surface area contributed by atoms with Gasteiger partial charge in [-0.3, -0.25) is 9.69 Å². The lowest BCUT2D eigenvalue weighted by molar-refractivity contribution is -0.118. The summed E-state index contributed by atoms with van der Waals surface area (Å²) in [6.45, 7) is 10.8. The van der Waals surface area contributed by atoms with E-state index in [1.165, 1.54) is 0 Å². The minimum atomic E-state index is -0.0597. The van der Waals surface area contributed by atoms with Gasteiger partial charge >= 0.3 is 0 Å². The molecule has 1 aliphatic heterocycles. The molecule has 1 heterocycles. The van der Waals surface area contributed by atoms with Crippen molar-refractivity contribution in [1.29, 1.82) is 0 Å².